The van der Waals surface area contributed by atoms with Crippen LogP contribution in [0.5, 0.6) is 0 Å². The number of nitrogens with zero attached hydrogens (tertiary/aromatic N) is 3. The first-order valence-electron chi connectivity index (χ1n) is 5.23. The second-order valence-corrected chi connectivity index (χ2v) is 4.14. The largest absolute Gasteiger partial charge is 0.388 e. The fourth-order valence-corrected chi connectivity index (χ4v) is 1.71. The number of nitro groups is 1. The summed E-state index contributed by atoms with van der Waals surface area (Å²) in [6, 6.07) is 0. The Balaban J connectivity index is 2.15. The summed E-state index contributed by atoms with van der Waals surface area (Å²) in [5.41, 5.74) is 4.28. The lowest BCUT2D eigenvalue weighted by Gasteiger charge is -2.36. The number of hydrogen-bond donors (Lipinski definition) is 3. The third-order valence-electron chi connectivity index (χ3n) is 2.90. The summed E-state index contributed by atoms with van der Waals surface area (Å²) < 4.78 is 0. The molecule has 17 heavy (non-hydrogen) atoms. The highest BCUT2D eigenvalue weighted by Gasteiger charge is 2.35. The SMILES string of the molecule is Nc1ncnc(NCC2(O)CCC2)c1[N+](=O)[O-]. The van der Waals surface area contributed by atoms with Gasteiger partial charge in [0, 0.05) is 6.54 Å². The number of aromatic nitrogens is 2. The average molecular weight is 239 g/mol. The van der Waals surface area contributed by atoms with Crippen LogP contribution in [-0.4, -0.2) is 32.1 Å². The minimum absolute atomic E-state index is 0.0443. The van der Waals surface area contributed by atoms with Crippen LogP contribution >= 0.6 is 0 Å². The lowest BCUT2D eigenvalue weighted by molar-refractivity contribution is -0.383. The van der Waals surface area contributed by atoms with Gasteiger partial charge in [-0.2, -0.15) is 0 Å². The van der Waals surface area contributed by atoms with Crippen molar-refractivity contribution in [2.75, 3.05) is 17.6 Å². The van der Waals surface area contributed by atoms with Gasteiger partial charge in [-0.25, -0.2) is 9.97 Å². The molecule has 0 radical (unpaired) electrons. The molecule has 0 bridgehead atoms. The molecule has 1 fully saturated rings. The molecule has 0 saturated heterocycles. The molecule has 2 rings (SSSR count). The van der Waals surface area contributed by atoms with Gasteiger partial charge in [0.15, 0.2) is 0 Å². The average Bonchev–Trinajstić information content (AvgIpc) is 2.23. The molecule has 8 heteroatoms. The number of rotatable bonds is 4. The van der Waals surface area contributed by atoms with E-state index in [1.54, 1.807) is 0 Å². The van der Waals surface area contributed by atoms with Gasteiger partial charge >= 0.3 is 5.69 Å². The first-order valence-corrected chi connectivity index (χ1v) is 5.23. The van der Waals surface area contributed by atoms with Crippen LogP contribution in [-0.2, 0) is 0 Å². The van der Waals surface area contributed by atoms with Gasteiger partial charge in [-0.15, -0.1) is 0 Å². The second-order valence-electron chi connectivity index (χ2n) is 4.14. The Hall–Kier alpha value is -1.96. The smallest absolute Gasteiger partial charge is 0.352 e. The molecule has 1 heterocycles. The summed E-state index contributed by atoms with van der Waals surface area (Å²) in [7, 11) is 0. The number of aliphatic hydroxyl groups is 1. The fraction of sp³-hybridized carbons (Fsp3) is 0.556. The molecule has 0 aliphatic heterocycles. The van der Waals surface area contributed by atoms with Crippen molar-refractivity contribution in [2.45, 2.75) is 24.9 Å². The molecular formula is C9H13N5O3. The first-order chi connectivity index (χ1) is 8.02. The molecule has 92 valence electrons. The molecule has 1 aliphatic carbocycles. The van der Waals surface area contributed by atoms with Crippen molar-refractivity contribution in [3.8, 4) is 0 Å². The van der Waals surface area contributed by atoms with Gasteiger partial charge < -0.3 is 16.2 Å². The predicted octanol–water partition coefficient (Wildman–Crippen LogP) is 0.294. The molecule has 1 aromatic heterocycles. The third-order valence-corrected chi connectivity index (χ3v) is 2.90. The van der Waals surface area contributed by atoms with Gasteiger partial charge in [0.05, 0.1) is 10.5 Å². The quantitative estimate of drug-likeness (QED) is 0.509. The molecule has 0 amide bonds. The number of anilines is 2. The van der Waals surface area contributed by atoms with Crippen LogP contribution in [0, 0.1) is 10.1 Å². The number of nitrogens with one attached hydrogen (secondary N) is 1. The molecule has 0 aromatic carbocycles. The molecule has 8 nitrogen and oxygen atoms in total. The number of nitrogen functional groups attached to an aromatic ring is 1. The Labute approximate surface area is 97.0 Å². The number of nitrogens with two attached hydrogens (primary N) is 1. The molecule has 0 atom stereocenters. The summed E-state index contributed by atoms with van der Waals surface area (Å²) in [6.45, 7) is 0.226. The molecule has 1 saturated carbocycles. The normalized spacial score (nSPS) is 17.2. The summed E-state index contributed by atoms with van der Waals surface area (Å²) in [5.74, 6) is -0.143. The van der Waals surface area contributed by atoms with Crippen molar-refractivity contribution < 1.29 is 10.0 Å². The summed E-state index contributed by atoms with van der Waals surface area (Å²) in [5, 5.41) is 23.4. The van der Waals surface area contributed by atoms with Crippen LogP contribution < -0.4 is 11.1 Å². The summed E-state index contributed by atoms with van der Waals surface area (Å²) >= 11 is 0. The van der Waals surface area contributed by atoms with E-state index < -0.39 is 10.5 Å². The molecule has 4 N–H and O–H groups in total. The van der Waals surface area contributed by atoms with Crippen LogP contribution in [0.2, 0.25) is 0 Å². The van der Waals surface area contributed by atoms with Gasteiger partial charge in [-0.3, -0.25) is 10.1 Å². The van der Waals surface area contributed by atoms with E-state index in [-0.39, 0.29) is 23.9 Å². The monoisotopic (exact) mass is 239 g/mol. The Bertz CT molecular complexity index is 446. The summed E-state index contributed by atoms with van der Waals surface area (Å²) in [4.78, 5) is 17.5. The van der Waals surface area contributed by atoms with Crippen LogP contribution in [0.25, 0.3) is 0 Å². The Kier molecular flexibility index (Phi) is 2.80. The minimum atomic E-state index is -0.784. The molecule has 0 spiro atoms. The zero-order valence-corrected chi connectivity index (χ0v) is 9.09. The van der Waals surface area contributed by atoms with E-state index in [2.05, 4.69) is 15.3 Å². The van der Waals surface area contributed by atoms with Crippen LogP contribution in [0.15, 0.2) is 6.33 Å². The fourth-order valence-electron chi connectivity index (χ4n) is 1.71. The van der Waals surface area contributed by atoms with Gasteiger partial charge in [-0.1, -0.05) is 0 Å². The van der Waals surface area contributed by atoms with E-state index in [9.17, 15) is 15.2 Å². The highest BCUT2D eigenvalue weighted by molar-refractivity contribution is 5.67. The maximum absolute atomic E-state index is 10.8. The molecule has 0 unspecified atom stereocenters. The second kappa shape index (κ2) is 4.13. The van der Waals surface area contributed by atoms with E-state index in [1.807, 2.05) is 0 Å². The topological polar surface area (TPSA) is 127 Å². The van der Waals surface area contributed by atoms with E-state index in [0.717, 1.165) is 12.7 Å². The zero-order chi connectivity index (χ0) is 12.5. The minimum Gasteiger partial charge on any atom is -0.388 e. The highest BCUT2D eigenvalue weighted by atomic mass is 16.6. The molecule has 1 aromatic rings. The van der Waals surface area contributed by atoms with Gasteiger partial charge in [0.2, 0.25) is 11.6 Å². The van der Waals surface area contributed by atoms with Crippen molar-refractivity contribution in [1.29, 1.82) is 0 Å². The molecular weight excluding hydrogens is 226 g/mol. The predicted molar refractivity (Wildman–Crippen MR) is 60.4 cm³/mol. The van der Waals surface area contributed by atoms with Crippen LogP contribution in [0.1, 0.15) is 19.3 Å². The van der Waals surface area contributed by atoms with Crippen molar-refractivity contribution in [3.63, 3.8) is 0 Å². The van der Waals surface area contributed by atoms with Crippen molar-refractivity contribution >= 4 is 17.3 Å². The maximum atomic E-state index is 10.8. The van der Waals surface area contributed by atoms with Crippen molar-refractivity contribution in [3.05, 3.63) is 16.4 Å². The Morgan fingerprint density at radius 1 is 1.59 bits per heavy atom. The standard InChI is InChI=1S/C9H13N5O3/c10-7-6(14(16)17)8(13-5-12-7)11-4-9(15)2-1-3-9/h5,15H,1-4H2,(H3,10,11,12,13). The first kappa shape index (κ1) is 11.5. The lowest BCUT2D eigenvalue weighted by Crippen LogP contribution is -2.43. The van der Waals surface area contributed by atoms with E-state index >= 15 is 0 Å². The third kappa shape index (κ3) is 2.26. The Morgan fingerprint density at radius 2 is 2.29 bits per heavy atom. The van der Waals surface area contributed by atoms with Gasteiger partial charge in [0.25, 0.3) is 0 Å². The number of hydrogen-bond acceptors (Lipinski definition) is 7. The van der Waals surface area contributed by atoms with Crippen molar-refractivity contribution in [1.82, 2.24) is 9.97 Å². The van der Waals surface area contributed by atoms with Gasteiger partial charge in [0.1, 0.15) is 6.33 Å². The summed E-state index contributed by atoms with van der Waals surface area (Å²) in [6.07, 6.45) is 3.49. The van der Waals surface area contributed by atoms with E-state index in [0.29, 0.717) is 12.8 Å². The van der Waals surface area contributed by atoms with Gasteiger partial charge in [-0.05, 0) is 19.3 Å². The van der Waals surface area contributed by atoms with E-state index in [4.69, 9.17) is 5.73 Å². The molecule has 1 aliphatic rings. The van der Waals surface area contributed by atoms with Crippen LogP contribution in [0.4, 0.5) is 17.3 Å². The van der Waals surface area contributed by atoms with Crippen molar-refractivity contribution in [2.24, 2.45) is 0 Å². The highest BCUT2D eigenvalue weighted by Crippen LogP contribution is 2.33. The zero-order valence-electron chi connectivity index (χ0n) is 9.09. The lowest BCUT2D eigenvalue weighted by atomic mass is 9.80. The maximum Gasteiger partial charge on any atom is 0.352 e. The van der Waals surface area contributed by atoms with Crippen LogP contribution in [0.3, 0.4) is 0 Å². The van der Waals surface area contributed by atoms with E-state index in [1.165, 1.54) is 0 Å². The Morgan fingerprint density at radius 3 is 2.82 bits per heavy atom.